The summed E-state index contributed by atoms with van der Waals surface area (Å²) < 4.78 is 3.21. The van der Waals surface area contributed by atoms with Crippen molar-refractivity contribution >= 4 is 32.9 Å². The molecule has 0 radical (unpaired) electrons. The van der Waals surface area contributed by atoms with Crippen LogP contribution in [0.3, 0.4) is 0 Å². The van der Waals surface area contributed by atoms with E-state index in [-0.39, 0.29) is 0 Å². The molecule has 0 bridgehead atoms. The maximum absolute atomic E-state index is 4.68. The van der Waals surface area contributed by atoms with Gasteiger partial charge in [-0.1, -0.05) is 12.1 Å². The fourth-order valence-corrected chi connectivity index (χ4v) is 5.23. The maximum atomic E-state index is 4.68. The number of fused-ring (bicyclic) bond motifs is 2. The van der Waals surface area contributed by atoms with Crippen molar-refractivity contribution in [3.8, 4) is 22.4 Å². The van der Waals surface area contributed by atoms with Crippen molar-refractivity contribution in [3.63, 3.8) is 0 Å². The van der Waals surface area contributed by atoms with Crippen molar-refractivity contribution in [2.45, 2.75) is 13.0 Å². The zero-order chi connectivity index (χ0) is 20.8. The molecule has 1 aliphatic rings. The van der Waals surface area contributed by atoms with Gasteiger partial charge in [0.25, 0.3) is 0 Å². The molecule has 7 heteroatoms. The lowest BCUT2D eigenvalue weighted by Crippen LogP contribution is -2.49. The van der Waals surface area contributed by atoms with Gasteiger partial charge in [0.05, 0.1) is 22.1 Å². The van der Waals surface area contributed by atoms with Crippen molar-refractivity contribution in [1.29, 1.82) is 0 Å². The largest absolute Gasteiger partial charge is 0.369 e. The van der Waals surface area contributed by atoms with Crippen molar-refractivity contribution in [3.05, 3.63) is 66.7 Å². The molecular weight excluding hydrogens is 404 g/mol. The van der Waals surface area contributed by atoms with Gasteiger partial charge >= 0.3 is 0 Å². The summed E-state index contributed by atoms with van der Waals surface area (Å²) in [5.74, 6) is 0. The van der Waals surface area contributed by atoms with Gasteiger partial charge in [-0.25, -0.2) is 15.0 Å². The number of anilines is 1. The van der Waals surface area contributed by atoms with E-state index in [2.05, 4.69) is 84.5 Å². The normalized spacial score (nSPS) is 16.9. The van der Waals surface area contributed by atoms with E-state index in [0.717, 1.165) is 46.8 Å². The minimum atomic E-state index is 0.525. The molecule has 0 spiro atoms. The molecule has 0 amide bonds. The Bertz CT molecular complexity index is 1370. The van der Waals surface area contributed by atoms with Gasteiger partial charge in [-0.05, 0) is 42.3 Å². The number of piperazine rings is 1. The van der Waals surface area contributed by atoms with Crippen molar-refractivity contribution in [2.75, 3.05) is 24.5 Å². The number of nitrogens with one attached hydrogen (secondary N) is 1. The lowest BCUT2D eigenvalue weighted by Gasteiger charge is -2.33. The van der Waals surface area contributed by atoms with Crippen LogP contribution in [0.5, 0.6) is 0 Å². The highest BCUT2D eigenvalue weighted by atomic mass is 32.1. The van der Waals surface area contributed by atoms with Crippen molar-refractivity contribution < 1.29 is 0 Å². The van der Waals surface area contributed by atoms with Crippen LogP contribution >= 0.6 is 11.3 Å². The quantitative estimate of drug-likeness (QED) is 0.461. The molecule has 1 fully saturated rings. The number of imidazole rings is 1. The van der Waals surface area contributed by atoms with Crippen LogP contribution < -0.4 is 10.2 Å². The predicted octanol–water partition coefficient (Wildman–Crippen LogP) is 4.47. The molecule has 6 nitrogen and oxygen atoms in total. The summed E-state index contributed by atoms with van der Waals surface area (Å²) in [6, 6.07) is 13.7. The van der Waals surface area contributed by atoms with Crippen LogP contribution in [0.15, 0.2) is 66.7 Å². The maximum Gasteiger partial charge on any atom is 0.137 e. The molecule has 4 aromatic heterocycles. The van der Waals surface area contributed by atoms with Crippen LogP contribution in [-0.4, -0.2) is 45.0 Å². The van der Waals surface area contributed by atoms with Crippen LogP contribution in [0.25, 0.3) is 38.2 Å². The van der Waals surface area contributed by atoms with E-state index in [0.29, 0.717) is 6.04 Å². The van der Waals surface area contributed by atoms with Gasteiger partial charge in [0.2, 0.25) is 0 Å². The van der Waals surface area contributed by atoms with Gasteiger partial charge in [-0.2, -0.15) is 0 Å². The summed E-state index contributed by atoms with van der Waals surface area (Å²) in [5, 5.41) is 5.63. The lowest BCUT2D eigenvalue weighted by atomic mass is 10.1. The summed E-state index contributed by atoms with van der Waals surface area (Å²) in [4.78, 5) is 15.7. The second kappa shape index (κ2) is 7.44. The van der Waals surface area contributed by atoms with Gasteiger partial charge in [-0.15, -0.1) is 11.3 Å². The van der Waals surface area contributed by atoms with E-state index in [4.69, 9.17) is 0 Å². The average molecular weight is 427 g/mol. The van der Waals surface area contributed by atoms with E-state index < -0.39 is 0 Å². The van der Waals surface area contributed by atoms with Crippen LogP contribution in [0, 0.1) is 0 Å². The zero-order valence-corrected chi connectivity index (χ0v) is 18.0. The average Bonchev–Trinajstić information content (AvgIpc) is 3.42. The fourth-order valence-electron chi connectivity index (χ4n) is 4.36. The number of aromatic nitrogens is 4. The Morgan fingerprint density at radius 2 is 1.97 bits per heavy atom. The smallest absolute Gasteiger partial charge is 0.137 e. The predicted molar refractivity (Wildman–Crippen MR) is 127 cm³/mol. The van der Waals surface area contributed by atoms with Gasteiger partial charge in [-0.3, -0.25) is 4.40 Å². The summed E-state index contributed by atoms with van der Waals surface area (Å²) in [5.41, 5.74) is 7.71. The number of hydrogen-bond donors (Lipinski definition) is 1. The Kier molecular flexibility index (Phi) is 4.44. The topological polar surface area (TPSA) is 58.4 Å². The first-order valence-electron chi connectivity index (χ1n) is 10.5. The van der Waals surface area contributed by atoms with Crippen LogP contribution in [0.4, 0.5) is 5.69 Å². The summed E-state index contributed by atoms with van der Waals surface area (Å²) in [6.07, 6.45) is 7.49. The first-order chi connectivity index (χ1) is 15.3. The molecule has 1 saturated heterocycles. The van der Waals surface area contributed by atoms with Crippen molar-refractivity contribution in [2.24, 2.45) is 0 Å². The van der Waals surface area contributed by atoms with Gasteiger partial charge in [0.1, 0.15) is 12.0 Å². The highest BCUT2D eigenvalue weighted by Crippen LogP contribution is 2.33. The minimum absolute atomic E-state index is 0.525. The third-order valence-electron chi connectivity index (χ3n) is 5.96. The number of nitrogens with zero attached hydrogens (tertiary/aromatic N) is 5. The highest BCUT2D eigenvalue weighted by Gasteiger charge is 2.16. The van der Waals surface area contributed by atoms with E-state index in [1.54, 1.807) is 17.7 Å². The first kappa shape index (κ1) is 18.5. The Hall–Kier alpha value is -3.29. The number of benzene rings is 1. The fraction of sp³-hybridized carbons (Fsp3) is 0.208. The molecule has 1 atom stereocenters. The van der Waals surface area contributed by atoms with Gasteiger partial charge in [0, 0.05) is 54.7 Å². The minimum Gasteiger partial charge on any atom is -0.369 e. The molecule has 5 aromatic rings. The summed E-state index contributed by atoms with van der Waals surface area (Å²) in [6.45, 7) is 5.37. The molecule has 1 aliphatic heterocycles. The molecule has 0 saturated carbocycles. The Morgan fingerprint density at radius 1 is 1.06 bits per heavy atom. The second-order valence-electron chi connectivity index (χ2n) is 8.02. The second-order valence-corrected chi connectivity index (χ2v) is 8.93. The number of thiophene rings is 1. The number of hydrogen-bond acceptors (Lipinski definition) is 6. The Balaban J connectivity index is 1.32. The molecule has 6 rings (SSSR count). The van der Waals surface area contributed by atoms with Crippen LogP contribution in [0.2, 0.25) is 0 Å². The lowest BCUT2D eigenvalue weighted by molar-refractivity contribution is 0.485. The van der Waals surface area contributed by atoms with Gasteiger partial charge in [0.15, 0.2) is 0 Å². The van der Waals surface area contributed by atoms with E-state index in [9.17, 15) is 0 Å². The van der Waals surface area contributed by atoms with Crippen LogP contribution in [0.1, 0.15) is 6.92 Å². The SMILES string of the molecule is C[C@@H]1CN(c2ccc(-c3ccn4c(-c5csc6cncnc56)cnc4c3)cc2)CCN1. The summed E-state index contributed by atoms with van der Waals surface area (Å²) >= 11 is 1.66. The monoisotopic (exact) mass is 426 g/mol. The molecule has 1 N–H and O–H groups in total. The van der Waals surface area contributed by atoms with Crippen LogP contribution in [-0.2, 0) is 0 Å². The summed E-state index contributed by atoms with van der Waals surface area (Å²) in [7, 11) is 0. The molecular formula is C24H22N6S. The molecule has 5 heterocycles. The third-order valence-corrected chi connectivity index (χ3v) is 6.87. The van der Waals surface area contributed by atoms with E-state index in [1.165, 1.54) is 16.8 Å². The standard InChI is InChI=1S/C24H22N6S/c1-16-13-29(9-7-26-16)19-4-2-17(3-5-19)18-6-8-30-21(11-27-23(30)10-18)20-14-31-22-12-25-15-28-24(20)22/h2-6,8,10-12,14-16,26H,7,9,13H2,1H3/t16-/m1/s1. The third kappa shape index (κ3) is 3.26. The Labute approximate surface area is 184 Å². The van der Waals surface area contributed by atoms with E-state index >= 15 is 0 Å². The van der Waals surface area contributed by atoms with Gasteiger partial charge < -0.3 is 10.2 Å². The number of rotatable bonds is 3. The molecule has 1 aromatic carbocycles. The first-order valence-corrected chi connectivity index (χ1v) is 11.4. The Morgan fingerprint density at radius 3 is 2.84 bits per heavy atom. The number of pyridine rings is 1. The molecule has 0 unspecified atom stereocenters. The zero-order valence-electron chi connectivity index (χ0n) is 17.2. The van der Waals surface area contributed by atoms with E-state index in [1.807, 2.05) is 12.4 Å². The van der Waals surface area contributed by atoms with Crippen molar-refractivity contribution in [1.82, 2.24) is 24.7 Å². The molecule has 31 heavy (non-hydrogen) atoms. The highest BCUT2D eigenvalue weighted by molar-refractivity contribution is 7.17. The molecule has 0 aliphatic carbocycles. The molecule has 154 valence electrons.